The van der Waals surface area contributed by atoms with Gasteiger partial charge < -0.3 is 9.84 Å². The van der Waals surface area contributed by atoms with Crippen LogP contribution >= 0.6 is 11.3 Å². The first kappa shape index (κ1) is 18.8. The van der Waals surface area contributed by atoms with Crippen LogP contribution in [0.15, 0.2) is 40.2 Å². The molecular formula is C21H24N4O2S. The lowest BCUT2D eigenvalue weighted by atomic mass is 9.97. The number of carbonyl (C=O) groups excluding carboxylic acids is 1. The molecule has 1 aliphatic rings. The summed E-state index contributed by atoms with van der Waals surface area (Å²) >= 11 is 1.59. The Morgan fingerprint density at radius 2 is 2.14 bits per heavy atom. The van der Waals surface area contributed by atoms with Gasteiger partial charge in [-0.25, -0.2) is 0 Å². The number of aromatic nitrogens is 2. The molecule has 1 N–H and O–H groups in total. The lowest BCUT2D eigenvalue weighted by Crippen LogP contribution is -2.40. The highest BCUT2D eigenvalue weighted by Gasteiger charge is 2.27. The Labute approximate surface area is 168 Å². The van der Waals surface area contributed by atoms with Crippen LogP contribution in [0.2, 0.25) is 0 Å². The predicted octanol–water partition coefficient (Wildman–Crippen LogP) is 4.27. The predicted molar refractivity (Wildman–Crippen MR) is 110 cm³/mol. The van der Waals surface area contributed by atoms with Gasteiger partial charge in [-0.2, -0.15) is 4.98 Å². The second kappa shape index (κ2) is 8.24. The zero-order valence-corrected chi connectivity index (χ0v) is 17.0. The number of nitrogens with zero attached hydrogens (tertiary/aromatic N) is 3. The highest BCUT2D eigenvalue weighted by Crippen LogP contribution is 2.24. The Morgan fingerprint density at radius 3 is 2.89 bits per heavy atom. The molecule has 1 unspecified atom stereocenters. The third kappa shape index (κ3) is 4.48. The van der Waals surface area contributed by atoms with E-state index in [0.717, 1.165) is 41.1 Å². The van der Waals surface area contributed by atoms with Crippen molar-refractivity contribution in [2.45, 2.75) is 33.2 Å². The van der Waals surface area contributed by atoms with Crippen molar-refractivity contribution < 1.29 is 9.32 Å². The molecule has 28 heavy (non-hydrogen) atoms. The summed E-state index contributed by atoms with van der Waals surface area (Å²) in [5.74, 6) is 1.28. The van der Waals surface area contributed by atoms with Crippen molar-refractivity contribution in [3.05, 3.63) is 52.7 Å². The molecule has 1 aliphatic heterocycles. The van der Waals surface area contributed by atoms with Gasteiger partial charge in [0.25, 0.3) is 0 Å². The van der Waals surface area contributed by atoms with E-state index in [4.69, 9.17) is 4.52 Å². The van der Waals surface area contributed by atoms with Crippen LogP contribution in [0.4, 0.5) is 5.69 Å². The normalized spacial score (nSPS) is 17.6. The van der Waals surface area contributed by atoms with Crippen LogP contribution in [-0.2, 0) is 11.3 Å². The molecule has 6 nitrogen and oxygen atoms in total. The van der Waals surface area contributed by atoms with Crippen LogP contribution in [0.1, 0.15) is 29.9 Å². The van der Waals surface area contributed by atoms with E-state index in [2.05, 4.69) is 26.4 Å². The van der Waals surface area contributed by atoms with Gasteiger partial charge in [0.15, 0.2) is 0 Å². The monoisotopic (exact) mass is 396 g/mol. The topological polar surface area (TPSA) is 71.3 Å². The summed E-state index contributed by atoms with van der Waals surface area (Å²) in [5.41, 5.74) is 3.18. The lowest BCUT2D eigenvalue weighted by Gasteiger charge is -2.30. The Kier molecular flexibility index (Phi) is 5.54. The number of likely N-dealkylation sites (tertiary alicyclic amines) is 1. The van der Waals surface area contributed by atoms with Crippen molar-refractivity contribution in [2.24, 2.45) is 5.92 Å². The van der Waals surface area contributed by atoms with E-state index in [-0.39, 0.29) is 11.8 Å². The minimum atomic E-state index is -0.0331. The number of amides is 1. The van der Waals surface area contributed by atoms with Crippen LogP contribution in [0.25, 0.3) is 10.7 Å². The van der Waals surface area contributed by atoms with Crippen molar-refractivity contribution in [1.82, 2.24) is 15.0 Å². The molecule has 0 saturated carbocycles. The molecule has 3 aromatic rings. The highest BCUT2D eigenvalue weighted by atomic mass is 32.1. The molecule has 2 aromatic heterocycles. The number of carbonyl (C=O) groups is 1. The molecular weight excluding hydrogens is 372 g/mol. The summed E-state index contributed by atoms with van der Waals surface area (Å²) in [6, 6.07) is 10.1. The van der Waals surface area contributed by atoms with Crippen molar-refractivity contribution >= 4 is 22.9 Å². The standard InChI is InChI=1S/C21H24N4O2S/c1-14-9-15(2)11-17(10-14)22-21(26)16-5-3-7-25(12-16)13-19-23-20(24-27-19)18-6-4-8-28-18/h4,6,8-11,16H,3,5,7,12-13H2,1-2H3,(H,22,26). The van der Waals surface area contributed by atoms with Crippen LogP contribution in [-0.4, -0.2) is 34.0 Å². The van der Waals surface area contributed by atoms with E-state index in [1.165, 1.54) is 0 Å². The molecule has 1 saturated heterocycles. The molecule has 0 spiro atoms. The van der Waals surface area contributed by atoms with Gasteiger partial charge >= 0.3 is 0 Å². The lowest BCUT2D eigenvalue weighted by molar-refractivity contribution is -0.121. The summed E-state index contributed by atoms with van der Waals surface area (Å²) in [4.78, 5) is 20.5. The number of anilines is 1. The van der Waals surface area contributed by atoms with Gasteiger partial charge in [0.2, 0.25) is 17.6 Å². The van der Waals surface area contributed by atoms with E-state index in [0.29, 0.717) is 24.8 Å². The summed E-state index contributed by atoms with van der Waals surface area (Å²) < 4.78 is 5.41. The van der Waals surface area contributed by atoms with Crippen LogP contribution in [0.3, 0.4) is 0 Å². The number of thiophene rings is 1. The fourth-order valence-corrected chi connectivity index (χ4v) is 4.37. The average molecular weight is 397 g/mol. The number of hydrogen-bond donors (Lipinski definition) is 1. The van der Waals surface area contributed by atoms with Crippen molar-refractivity contribution in [3.63, 3.8) is 0 Å². The maximum atomic E-state index is 12.8. The maximum absolute atomic E-state index is 12.8. The van der Waals surface area contributed by atoms with Gasteiger partial charge in [-0.05, 0) is 67.9 Å². The van der Waals surface area contributed by atoms with Crippen molar-refractivity contribution in [3.8, 4) is 10.7 Å². The van der Waals surface area contributed by atoms with Gasteiger partial charge in [-0.15, -0.1) is 11.3 Å². The van der Waals surface area contributed by atoms with Crippen molar-refractivity contribution in [2.75, 3.05) is 18.4 Å². The molecule has 0 radical (unpaired) electrons. The number of nitrogens with one attached hydrogen (secondary N) is 1. The Hall–Kier alpha value is -2.51. The number of benzene rings is 1. The molecule has 3 heterocycles. The van der Waals surface area contributed by atoms with E-state index >= 15 is 0 Å². The summed E-state index contributed by atoms with van der Waals surface area (Å²) in [7, 11) is 0. The second-order valence-electron chi connectivity index (χ2n) is 7.43. The van der Waals surface area contributed by atoms with E-state index < -0.39 is 0 Å². The zero-order chi connectivity index (χ0) is 19.5. The first-order valence-electron chi connectivity index (χ1n) is 9.55. The average Bonchev–Trinajstić information content (AvgIpc) is 3.32. The number of aryl methyl sites for hydroxylation is 2. The van der Waals surface area contributed by atoms with Crippen molar-refractivity contribution in [1.29, 1.82) is 0 Å². The van der Waals surface area contributed by atoms with E-state index in [1.54, 1.807) is 11.3 Å². The molecule has 0 aliphatic carbocycles. The quantitative estimate of drug-likeness (QED) is 0.697. The van der Waals surface area contributed by atoms with Gasteiger partial charge in [0.05, 0.1) is 17.3 Å². The largest absolute Gasteiger partial charge is 0.338 e. The molecule has 1 amide bonds. The SMILES string of the molecule is Cc1cc(C)cc(NC(=O)C2CCCN(Cc3nc(-c4cccs4)no3)C2)c1. The van der Waals surface area contributed by atoms with Crippen LogP contribution < -0.4 is 5.32 Å². The Bertz CT molecular complexity index is 931. The molecule has 1 aromatic carbocycles. The maximum Gasteiger partial charge on any atom is 0.241 e. The van der Waals surface area contributed by atoms with Gasteiger partial charge in [0, 0.05) is 12.2 Å². The Morgan fingerprint density at radius 1 is 1.32 bits per heavy atom. The number of hydrogen-bond acceptors (Lipinski definition) is 6. The molecule has 1 fully saturated rings. The summed E-state index contributed by atoms with van der Waals surface area (Å²) in [6.07, 6.45) is 1.88. The smallest absolute Gasteiger partial charge is 0.241 e. The van der Waals surface area contributed by atoms with Gasteiger partial charge in [0.1, 0.15) is 0 Å². The van der Waals surface area contributed by atoms with Crippen LogP contribution in [0, 0.1) is 19.8 Å². The van der Waals surface area contributed by atoms with Gasteiger partial charge in [-0.3, -0.25) is 9.69 Å². The van der Waals surface area contributed by atoms with E-state index in [9.17, 15) is 4.79 Å². The second-order valence-corrected chi connectivity index (χ2v) is 8.38. The first-order valence-corrected chi connectivity index (χ1v) is 10.4. The zero-order valence-electron chi connectivity index (χ0n) is 16.1. The summed E-state index contributed by atoms with van der Waals surface area (Å²) in [6.45, 7) is 6.29. The molecule has 146 valence electrons. The molecule has 4 rings (SSSR count). The van der Waals surface area contributed by atoms with Crippen LogP contribution in [0.5, 0.6) is 0 Å². The summed E-state index contributed by atoms with van der Waals surface area (Å²) in [5, 5.41) is 9.15. The fourth-order valence-electron chi connectivity index (χ4n) is 3.72. The third-order valence-electron chi connectivity index (χ3n) is 4.93. The van der Waals surface area contributed by atoms with Gasteiger partial charge in [-0.1, -0.05) is 17.3 Å². The molecule has 7 heteroatoms. The van der Waals surface area contributed by atoms with E-state index in [1.807, 2.05) is 43.5 Å². The highest BCUT2D eigenvalue weighted by molar-refractivity contribution is 7.13. The minimum Gasteiger partial charge on any atom is -0.338 e. The number of piperidine rings is 1. The molecule has 1 atom stereocenters. The molecule has 0 bridgehead atoms. The Balaban J connectivity index is 1.37. The first-order chi connectivity index (χ1) is 13.6. The fraction of sp³-hybridized carbons (Fsp3) is 0.381. The number of rotatable bonds is 5. The minimum absolute atomic E-state index is 0.0331. The third-order valence-corrected chi connectivity index (χ3v) is 5.80.